The number of carboxylic acid groups (broad SMARTS) is 1. The Morgan fingerprint density at radius 2 is 1.10 bits per heavy atom. The van der Waals surface area contributed by atoms with E-state index < -0.39 is 35.0 Å². The van der Waals surface area contributed by atoms with E-state index in [1.54, 1.807) is 61.2 Å². The normalized spacial score (nSPS) is 9.93. The summed E-state index contributed by atoms with van der Waals surface area (Å²) in [5.74, 6) is -3.38. The van der Waals surface area contributed by atoms with Gasteiger partial charge in [0, 0.05) is 37.5 Å². The third-order valence-electron chi connectivity index (χ3n) is 7.27. The molecule has 20 heteroatoms. The zero-order valence-corrected chi connectivity index (χ0v) is 34.8. The standard InChI is InChI=1S/C13H11ClN2O3.C12H9ClN2O3.C9H12O5.C6H7ClN2/c1-19-13(18)10-3-2-6-16(12(10)17)8-9-4-5-11(14)15-7-9;13-10-4-3-8(6-14-10)7-15-5-1-2-9(11(15)16)12(17)18;1-12-6-4-5-7(8(10)13-2)9(11)14-3;7-6-2-1-5(3-8)4-9-6/h2-7H,8H2,1H3;1-6H,7H2,(H,17,18);4-6H,1-3H3;1-2,4H,3,8H2/b;;6-4+;. The van der Waals surface area contributed by atoms with Crippen LogP contribution in [0.2, 0.25) is 15.5 Å². The number of aromatic nitrogens is 5. The Kier molecular flexibility index (Phi) is 21.7. The molecule has 3 N–H and O–H groups in total. The number of carbonyl (C=O) groups excluding carboxylic acids is 3. The summed E-state index contributed by atoms with van der Waals surface area (Å²) in [6.07, 6.45) is 11.9. The maximum absolute atomic E-state index is 12.1. The second-order valence-corrected chi connectivity index (χ2v) is 12.5. The van der Waals surface area contributed by atoms with Crippen LogP contribution < -0.4 is 16.9 Å². The van der Waals surface area contributed by atoms with Crippen LogP contribution in [-0.4, -0.2) is 81.5 Å². The summed E-state index contributed by atoms with van der Waals surface area (Å²) in [6, 6.07) is 16.2. The van der Waals surface area contributed by atoms with Gasteiger partial charge < -0.3 is 38.9 Å². The van der Waals surface area contributed by atoms with Crippen LogP contribution in [0.25, 0.3) is 0 Å². The van der Waals surface area contributed by atoms with Crippen molar-refractivity contribution in [1.29, 1.82) is 0 Å². The lowest BCUT2D eigenvalue weighted by Gasteiger charge is -2.07. The largest absolute Gasteiger partial charge is 0.504 e. The summed E-state index contributed by atoms with van der Waals surface area (Å²) < 4.78 is 20.6. The number of methoxy groups -OCH3 is 4. The van der Waals surface area contributed by atoms with Gasteiger partial charge >= 0.3 is 23.9 Å². The summed E-state index contributed by atoms with van der Waals surface area (Å²) in [7, 11) is 5.04. The number of nitrogens with zero attached hydrogens (tertiary/aromatic N) is 5. The SMILES string of the molecule is CO/C=C/C=C(C(=O)OC)C(=O)OC.COC(=O)c1cccn(Cc2ccc(Cl)nc2)c1=O.NCc1ccc(Cl)nc1.O=C(O)c1cccn(Cc2ccc(Cl)nc2)c1=O. The highest BCUT2D eigenvalue weighted by molar-refractivity contribution is 6.29. The molecule has 0 aliphatic carbocycles. The Hall–Kier alpha value is -6.66. The monoisotopic (exact) mass is 884 g/mol. The van der Waals surface area contributed by atoms with Crippen LogP contribution in [-0.2, 0) is 48.2 Å². The topological polar surface area (TPSA) is 234 Å². The molecule has 0 unspecified atom stereocenters. The van der Waals surface area contributed by atoms with Gasteiger partial charge in [-0.15, -0.1) is 0 Å². The zero-order valence-electron chi connectivity index (χ0n) is 32.5. The fraction of sp³-hybridized carbons (Fsp3) is 0.175. The van der Waals surface area contributed by atoms with Crippen molar-refractivity contribution >= 4 is 58.7 Å². The fourth-order valence-corrected chi connectivity index (χ4v) is 4.66. The molecule has 316 valence electrons. The Labute approximate surface area is 358 Å². The van der Waals surface area contributed by atoms with E-state index in [9.17, 15) is 28.8 Å². The van der Waals surface area contributed by atoms with Crippen molar-refractivity contribution in [1.82, 2.24) is 24.1 Å². The quantitative estimate of drug-likeness (QED) is 0.0260. The molecule has 0 saturated heterocycles. The highest BCUT2D eigenvalue weighted by Gasteiger charge is 2.18. The van der Waals surface area contributed by atoms with Crippen LogP contribution in [0.3, 0.4) is 0 Å². The smallest absolute Gasteiger partial charge is 0.345 e. The van der Waals surface area contributed by atoms with Crippen molar-refractivity contribution in [3.63, 3.8) is 0 Å². The summed E-state index contributed by atoms with van der Waals surface area (Å²) in [6.45, 7) is 1.09. The predicted molar refractivity (Wildman–Crippen MR) is 222 cm³/mol. The molecule has 0 fully saturated rings. The molecule has 17 nitrogen and oxygen atoms in total. The molecule has 5 aromatic rings. The number of hydrogen-bond acceptors (Lipinski definition) is 14. The molecule has 0 saturated carbocycles. The molecule has 0 aliphatic heterocycles. The predicted octanol–water partition coefficient (Wildman–Crippen LogP) is 4.99. The first kappa shape index (κ1) is 49.5. The first-order chi connectivity index (χ1) is 28.7. The number of ether oxygens (including phenoxy) is 4. The zero-order chi connectivity index (χ0) is 44.6. The minimum atomic E-state index is -1.23. The number of nitrogens with two attached hydrogens (primary N) is 1. The maximum atomic E-state index is 12.1. The second kappa shape index (κ2) is 26.4. The van der Waals surface area contributed by atoms with Gasteiger partial charge in [0.1, 0.15) is 32.2 Å². The Balaban J connectivity index is 0.000000285. The number of esters is 3. The summed E-state index contributed by atoms with van der Waals surface area (Å²) in [5, 5.41) is 10.1. The third kappa shape index (κ3) is 16.7. The lowest BCUT2D eigenvalue weighted by atomic mass is 10.2. The number of rotatable bonds is 11. The van der Waals surface area contributed by atoms with Crippen LogP contribution in [0.1, 0.15) is 37.4 Å². The summed E-state index contributed by atoms with van der Waals surface area (Å²) in [4.78, 5) is 79.9. The van der Waals surface area contributed by atoms with Gasteiger partial charge in [-0.1, -0.05) is 53.0 Å². The average Bonchev–Trinajstić information content (AvgIpc) is 3.25. The molecule has 0 radical (unpaired) electrons. The van der Waals surface area contributed by atoms with Gasteiger partial charge in [-0.3, -0.25) is 9.59 Å². The minimum absolute atomic E-state index is 0.00641. The van der Waals surface area contributed by atoms with Crippen molar-refractivity contribution in [2.75, 3.05) is 28.4 Å². The molecule has 0 spiro atoms. The van der Waals surface area contributed by atoms with Gasteiger partial charge in [0.15, 0.2) is 0 Å². The molecule has 5 rings (SSSR count). The van der Waals surface area contributed by atoms with Crippen LogP contribution in [0.15, 0.2) is 125 Å². The summed E-state index contributed by atoms with van der Waals surface area (Å²) in [5.41, 5.74) is 6.52. The highest BCUT2D eigenvalue weighted by Crippen LogP contribution is 2.08. The molecule has 0 aromatic carbocycles. The maximum Gasteiger partial charge on any atom is 0.345 e. The molecule has 5 heterocycles. The van der Waals surface area contributed by atoms with E-state index in [0.29, 0.717) is 28.5 Å². The molecule has 0 amide bonds. The van der Waals surface area contributed by atoms with Gasteiger partial charge in [-0.05, 0) is 71.3 Å². The van der Waals surface area contributed by atoms with Crippen molar-refractivity contribution in [3.8, 4) is 0 Å². The Morgan fingerprint density at radius 3 is 1.47 bits per heavy atom. The van der Waals surface area contributed by atoms with Gasteiger partial charge in [0.25, 0.3) is 11.1 Å². The molecule has 0 atom stereocenters. The van der Waals surface area contributed by atoms with Crippen LogP contribution in [0.5, 0.6) is 0 Å². The van der Waals surface area contributed by atoms with Crippen LogP contribution in [0.4, 0.5) is 0 Å². The van der Waals surface area contributed by atoms with Crippen molar-refractivity contribution < 1.29 is 43.2 Å². The van der Waals surface area contributed by atoms with Gasteiger partial charge in [0.05, 0.1) is 47.8 Å². The highest BCUT2D eigenvalue weighted by atomic mass is 35.5. The number of pyridine rings is 5. The summed E-state index contributed by atoms with van der Waals surface area (Å²) >= 11 is 16.9. The number of hydrogen-bond donors (Lipinski definition) is 2. The van der Waals surface area contributed by atoms with E-state index in [4.69, 9.17) is 45.6 Å². The van der Waals surface area contributed by atoms with Crippen LogP contribution in [0, 0.1) is 0 Å². The lowest BCUT2D eigenvalue weighted by molar-refractivity contribution is -0.144. The molecule has 0 aliphatic rings. The van der Waals surface area contributed by atoms with Gasteiger partial charge in [0.2, 0.25) is 0 Å². The number of aromatic carboxylic acids is 1. The van der Waals surface area contributed by atoms with Crippen molar-refractivity contribution in [2.45, 2.75) is 19.6 Å². The van der Waals surface area contributed by atoms with E-state index in [-0.39, 0.29) is 23.2 Å². The molecular formula is C40H39Cl3N6O11. The van der Waals surface area contributed by atoms with Gasteiger partial charge in [-0.25, -0.2) is 34.1 Å². The van der Waals surface area contributed by atoms with E-state index in [1.165, 1.54) is 80.4 Å². The Morgan fingerprint density at radius 1 is 0.667 bits per heavy atom. The number of carbonyl (C=O) groups is 4. The van der Waals surface area contributed by atoms with E-state index >= 15 is 0 Å². The van der Waals surface area contributed by atoms with Crippen molar-refractivity contribution in [2.24, 2.45) is 5.73 Å². The van der Waals surface area contributed by atoms with Crippen molar-refractivity contribution in [3.05, 3.63) is 180 Å². The molecular weight excluding hydrogens is 847 g/mol. The van der Waals surface area contributed by atoms with E-state index in [0.717, 1.165) is 16.7 Å². The van der Waals surface area contributed by atoms with Gasteiger partial charge in [-0.2, -0.15) is 0 Å². The number of halogens is 3. The molecule has 0 bridgehead atoms. The first-order valence-electron chi connectivity index (χ1n) is 17.0. The van der Waals surface area contributed by atoms with E-state index in [2.05, 4.69) is 33.9 Å². The first-order valence-corrected chi connectivity index (χ1v) is 18.1. The fourth-order valence-electron chi connectivity index (χ4n) is 4.32. The molecule has 60 heavy (non-hydrogen) atoms. The minimum Gasteiger partial charge on any atom is -0.504 e. The average molecular weight is 886 g/mol. The third-order valence-corrected chi connectivity index (χ3v) is 7.94. The van der Waals surface area contributed by atoms with Crippen LogP contribution >= 0.6 is 34.8 Å². The van der Waals surface area contributed by atoms with E-state index in [1.807, 2.05) is 6.07 Å². The molecule has 5 aromatic heterocycles. The number of carboxylic acids is 1. The number of allylic oxidation sites excluding steroid dienone is 2. The Bertz CT molecular complexity index is 2350. The second-order valence-electron chi connectivity index (χ2n) is 11.3. The lowest BCUT2D eigenvalue weighted by Crippen LogP contribution is -2.26.